The average molecular weight is 775 g/mol. The van der Waals surface area contributed by atoms with Gasteiger partial charge >= 0.3 is 0 Å². The third-order valence-electron chi connectivity index (χ3n) is 12.0. The highest BCUT2D eigenvalue weighted by molar-refractivity contribution is 7.86. The smallest absolute Gasteiger partial charge is 0.172 e. The van der Waals surface area contributed by atoms with E-state index in [2.05, 4.69) is 161 Å². The van der Waals surface area contributed by atoms with Crippen LogP contribution in [0.25, 0.3) is 71.7 Å². The van der Waals surface area contributed by atoms with E-state index in [0.29, 0.717) is 0 Å². The number of hydrogen-bond acceptors (Lipinski definition) is 3. The van der Waals surface area contributed by atoms with E-state index in [-0.39, 0.29) is 0 Å². The van der Waals surface area contributed by atoms with Gasteiger partial charge in [0.15, 0.2) is 7.14 Å². The van der Waals surface area contributed by atoms with Crippen LogP contribution in [-0.4, -0.2) is 4.57 Å². The molecule has 0 amide bonds. The van der Waals surface area contributed by atoms with Crippen LogP contribution < -0.4 is 20.8 Å². The van der Waals surface area contributed by atoms with Gasteiger partial charge in [0.1, 0.15) is 11.2 Å². The molecule has 12 rings (SSSR count). The summed E-state index contributed by atoms with van der Waals surface area (Å²) in [6.45, 7) is 0. The Morgan fingerprint density at radius 1 is 0.441 bits per heavy atom. The van der Waals surface area contributed by atoms with Crippen molar-refractivity contribution in [3.8, 4) is 27.9 Å². The molecule has 0 saturated carbocycles. The second-order valence-corrected chi connectivity index (χ2v) is 17.9. The fourth-order valence-corrected chi connectivity index (χ4v) is 12.6. The molecule has 0 bridgehead atoms. The highest BCUT2D eigenvalue weighted by Crippen LogP contribution is 2.55. The van der Waals surface area contributed by atoms with Crippen LogP contribution in [0, 0.1) is 0 Å². The van der Waals surface area contributed by atoms with E-state index in [9.17, 15) is 0 Å². The number of benzene rings is 9. The second-order valence-electron chi connectivity index (χ2n) is 15.2. The maximum Gasteiger partial charge on any atom is 0.172 e. The molecule has 1 aliphatic rings. The summed E-state index contributed by atoms with van der Waals surface area (Å²) in [6.07, 6.45) is 0. The Kier molecular flexibility index (Phi) is 7.47. The number of rotatable bonds is 6. The lowest BCUT2D eigenvalue weighted by atomic mass is 10.0. The van der Waals surface area contributed by atoms with E-state index in [1.807, 2.05) is 60.7 Å². The fraction of sp³-hybridized carbons (Fsp3) is 0. The third-order valence-corrected chi connectivity index (χ3v) is 15.2. The Morgan fingerprint density at radius 3 is 1.85 bits per heavy atom. The lowest BCUT2D eigenvalue weighted by Crippen LogP contribution is -2.21. The molecule has 278 valence electrons. The Hall–Kier alpha value is -7.39. The van der Waals surface area contributed by atoms with Gasteiger partial charge in [-0.25, -0.2) is 0 Å². The normalized spacial score (nSPS) is 14.6. The summed E-state index contributed by atoms with van der Waals surface area (Å²) in [4.78, 5) is 2.27. The van der Waals surface area contributed by atoms with Crippen LogP contribution in [0.2, 0.25) is 0 Å². The number of furan rings is 1. The molecule has 0 spiro atoms. The second kappa shape index (κ2) is 13.1. The molecule has 2 aromatic heterocycles. The van der Waals surface area contributed by atoms with Gasteiger partial charge in [-0.2, -0.15) is 0 Å². The van der Waals surface area contributed by atoms with Crippen LogP contribution in [0.4, 0.5) is 17.1 Å². The average Bonchev–Trinajstić information content (AvgIpc) is 3.93. The number of nitrogens with zero attached hydrogens (tertiary/aromatic N) is 2. The quantitative estimate of drug-likeness (QED) is 0.158. The molecule has 1 aliphatic heterocycles. The first-order chi connectivity index (χ1) is 29.1. The van der Waals surface area contributed by atoms with Gasteiger partial charge in [0, 0.05) is 66.3 Å². The molecule has 0 aliphatic carbocycles. The molecule has 0 N–H and O–H groups in total. The molecule has 59 heavy (non-hydrogen) atoms. The van der Waals surface area contributed by atoms with Crippen LogP contribution in [0.5, 0.6) is 0 Å². The summed E-state index contributed by atoms with van der Waals surface area (Å²) in [5.41, 5.74) is 12.5. The van der Waals surface area contributed by atoms with Gasteiger partial charge in [-0.3, -0.25) is 0 Å². The first-order valence-corrected chi connectivity index (χ1v) is 21.7. The minimum Gasteiger partial charge on any atom is -0.456 e. The van der Waals surface area contributed by atoms with E-state index < -0.39 is 7.14 Å². The molecular formula is C54H35N2O2P. The minimum absolute atomic E-state index is 0.865. The summed E-state index contributed by atoms with van der Waals surface area (Å²) in [5, 5.41) is 7.12. The molecule has 0 saturated heterocycles. The van der Waals surface area contributed by atoms with E-state index in [1.54, 1.807) is 0 Å². The Morgan fingerprint density at radius 2 is 1.05 bits per heavy atom. The largest absolute Gasteiger partial charge is 0.456 e. The van der Waals surface area contributed by atoms with Crippen molar-refractivity contribution in [1.82, 2.24) is 4.57 Å². The summed E-state index contributed by atoms with van der Waals surface area (Å²) >= 11 is 0. The van der Waals surface area contributed by atoms with Gasteiger partial charge in [0.05, 0.1) is 11.0 Å². The zero-order chi connectivity index (χ0) is 39.1. The first kappa shape index (κ1) is 33.7. The minimum atomic E-state index is -3.17. The fourth-order valence-electron chi connectivity index (χ4n) is 9.35. The third kappa shape index (κ3) is 5.07. The van der Waals surface area contributed by atoms with E-state index in [1.165, 1.54) is 0 Å². The summed E-state index contributed by atoms with van der Waals surface area (Å²) < 4.78 is 24.4. The predicted molar refractivity (Wildman–Crippen MR) is 247 cm³/mol. The Labute approximate surface area is 341 Å². The Balaban J connectivity index is 0.939. The highest BCUT2D eigenvalue weighted by Gasteiger charge is 2.42. The van der Waals surface area contributed by atoms with Crippen molar-refractivity contribution in [1.29, 1.82) is 0 Å². The SMILES string of the molecule is O=P1(c2ccccc2)c2ccccc2-c2ccc3c(c21)c1ccccc1n3-c1ccc(-c2ccc(N(c3ccccc3)c3ccc4c(c3)oc3ccccc34)cc2)cc1. The van der Waals surface area contributed by atoms with Crippen molar-refractivity contribution in [2.75, 3.05) is 4.90 Å². The molecule has 0 radical (unpaired) electrons. The monoisotopic (exact) mass is 774 g/mol. The van der Waals surface area contributed by atoms with Crippen molar-refractivity contribution >= 4 is 83.9 Å². The number of para-hydroxylation sites is 3. The van der Waals surface area contributed by atoms with Gasteiger partial charge < -0.3 is 18.4 Å². The lowest BCUT2D eigenvalue weighted by Gasteiger charge is -2.25. The summed E-state index contributed by atoms with van der Waals surface area (Å²) in [5.74, 6) is 0. The zero-order valence-electron chi connectivity index (χ0n) is 31.9. The van der Waals surface area contributed by atoms with E-state index in [4.69, 9.17) is 4.42 Å². The van der Waals surface area contributed by atoms with Crippen LogP contribution in [-0.2, 0) is 4.57 Å². The molecular weight excluding hydrogens is 740 g/mol. The number of hydrogen-bond donors (Lipinski definition) is 0. The van der Waals surface area contributed by atoms with Crippen molar-refractivity contribution in [3.63, 3.8) is 0 Å². The van der Waals surface area contributed by atoms with Gasteiger partial charge in [-0.1, -0.05) is 140 Å². The van der Waals surface area contributed by atoms with Gasteiger partial charge in [-0.15, -0.1) is 0 Å². The summed E-state index contributed by atoms with van der Waals surface area (Å²) in [7, 11) is -3.17. The van der Waals surface area contributed by atoms with Gasteiger partial charge in [-0.05, 0) is 89.0 Å². The Bertz CT molecular complexity index is 3460. The summed E-state index contributed by atoms with van der Waals surface area (Å²) in [6, 6.07) is 73.9. The van der Waals surface area contributed by atoms with Crippen LogP contribution >= 0.6 is 7.14 Å². The van der Waals surface area contributed by atoms with Crippen LogP contribution in [0.1, 0.15) is 0 Å². The number of fused-ring (bicyclic) bond motifs is 10. The molecule has 1 atom stereocenters. The highest BCUT2D eigenvalue weighted by atomic mass is 31.2. The van der Waals surface area contributed by atoms with E-state index in [0.717, 1.165) is 105 Å². The van der Waals surface area contributed by atoms with Gasteiger partial charge in [0.25, 0.3) is 0 Å². The molecule has 11 aromatic rings. The maximum atomic E-state index is 15.8. The van der Waals surface area contributed by atoms with Crippen molar-refractivity contribution in [2.45, 2.75) is 0 Å². The lowest BCUT2D eigenvalue weighted by molar-refractivity contribution is 0.593. The van der Waals surface area contributed by atoms with E-state index >= 15 is 4.57 Å². The molecule has 9 aromatic carbocycles. The van der Waals surface area contributed by atoms with Crippen LogP contribution in [0.3, 0.4) is 0 Å². The molecule has 3 heterocycles. The van der Waals surface area contributed by atoms with Crippen molar-refractivity contribution < 1.29 is 8.98 Å². The van der Waals surface area contributed by atoms with Crippen LogP contribution in [0.15, 0.2) is 217 Å². The number of aromatic nitrogens is 1. The first-order valence-electron chi connectivity index (χ1n) is 19.9. The van der Waals surface area contributed by atoms with Crippen molar-refractivity contribution in [3.05, 3.63) is 212 Å². The molecule has 5 heteroatoms. The predicted octanol–water partition coefficient (Wildman–Crippen LogP) is 13.4. The topological polar surface area (TPSA) is 38.4 Å². The number of anilines is 3. The standard InChI is InChI=1S/C54H35N2O2P/c57-59(42-15-5-2-6-16-42)52-22-12-9-18-45(52)46-33-34-49-53(54(46)59)47-19-7-10-20-48(47)56(49)40-29-25-37(26-30-40)36-23-27-39(28-24-36)55(38-13-3-1-4-14-38)41-31-32-44-43-17-8-11-21-50(43)58-51(44)35-41/h1-35H. The van der Waals surface area contributed by atoms with Crippen molar-refractivity contribution in [2.24, 2.45) is 0 Å². The molecule has 4 nitrogen and oxygen atoms in total. The molecule has 1 unspecified atom stereocenters. The maximum absolute atomic E-state index is 15.8. The zero-order valence-corrected chi connectivity index (χ0v) is 32.8. The molecule has 0 fully saturated rings. The van der Waals surface area contributed by atoms with Gasteiger partial charge in [0.2, 0.25) is 0 Å².